The smallest absolute Gasteiger partial charge is 0.258 e. The fourth-order valence-corrected chi connectivity index (χ4v) is 3.41. The van der Waals surface area contributed by atoms with Crippen LogP contribution in [0.25, 0.3) is 10.9 Å². The number of nitrogens with one attached hydrogen (secondary N) is 1. The second kappa shape index (κ2) is 9.57. The normalized spacial score (nSPS) is 11.1. The largest absolute Gasteiger partial charge is 0.375 e. The average molecular weight is 407 g/mol. The highest BCUT2D eigenvalue weighted by molar-refractivity contribution is 5.94. The number of hydrogen-bond donors (Lipinski definition) is 1. The van der Waals surface area contributed by atoms with Crippen molar-refractivity contribution in [1.29, 1.82) is 0 Å². The number of amides is 1. The first-order valence-electron chi connectivity index (χ1n) is 10.5. The van der Waals surface area contributed by atoms with Crippen LogP contribution in [-0.2, 0) is 6.54 Å². The molecule has 0 spiro atoms. The Kier molecular flexibility index (Phi) is 6.87. The summed E-state index contributed by atoms with van der Waals surface area (Å²) in [5.41, 5.74) is 2.16. The van der Waals surface area contributed by atoms with E-state index < -0.39 is 0 Å². The first-order valence-corrected chi connectivity index (χ1v) is 10.5. The van der Waals surface area contributed by atoms with Crippen molar-refractivity contribution < 1.29 is 4.79 Å². The Labute approximate surface area is 177 Å². The van der Waals surface area contributed by atoms with Gasteiger partial charge in [0.25, 0.3) is 11.5 Å². The average Bonchev–Trinajstić information content (AvgIpc) is 2.75. The van der Waals surface area contributed by atoms with Crippen LogP contribution in [-0.4, -0.2) is 40.4 Å². The van der Waals surface area contributed by atoms with Gasteiger partial charge in [0.05, 0.1) is 17.4 Å². The fraction of sp³-hybridized carbons (Fsp3) is 0.375. The van der Waals surface area contributed by atoms with Gasteiger partial charge in [-0.2, -0.15) is 0 Å². The molecule has 0 aliphatic heterocycles. The van der Waals surface area contributed by atoms with E-state index in [0.29, 0.717) is 22.3 Å². The number of fused-ring (bicyclic) bond motifs is 1. The van der Waals surface area contributed by atoms with Crippen LogP contribution in [0.1, 0.15) is 49.8 Å². The van der Waals surface area contributed by atoms with Crippen LogP contribution in [0.15, 0.2) is 53.3 Å². The molecule has 0 radical (unpaired) electrons. The molecule has 1 N–H and O–H groups in total. The van der Waals surface area contributed by atoms with Gasteiger partial charge >= 0.3 is 0 Å². The molecule has 0 aliphatic carbocycles. The summed E-state index contributed by atoms with van der Waals surface area (Å²) in [4.78, 5) is 36.8. The van der Waals surface area contributed by atoms with Gasteiger partial charge < -0.3 is 14.8 Å². The van der Waals surface area contributed by atoms with Crippen molar-refractivity contribution in [3.8, 4) is 0 Å². The molecule has 6 nitrogen and oxygen atoms in total. The molecule has 1 aromatic heterocycles. The van der Waals surface area contributed by atoms with Gasteiger partial charge in [-0.1, -0.05) is 25.5 Å². The number of H-pyrrole nitrogens is 1. The standard InChI is InChI=1S/C24H30N4O2/c1-5-6-15-27(4)19-13-11-18(12-14-19)24(30)28(17(2)3)16-22-25-21-10-8-7-9-20(21)23(29)26-22/h7-14,17H,5-6,15-16H2,1-4H3,(H,25,26,29). The Morgan fingerprint density at radius 2 is 1.80 bits per heavy atom. The molecule has 0 saturated carbocycles. The maximum absolute atomic E-state index is 13.2. The molecule has 30 heavy (non-hydrogen) atoms. The van der Waals surface area contributed by atoms with E-state index in [0.717, 1.165) is 25.1 Å². The summed E-state index contributed by atoms with van der Waals surface area (Å²) in [6, 6.07) is 14.9. The molecule has 2 aromatic carbocycles. The van der Waals surface area contributed by atoms with Gasteiger partial charge in [-0.3, -0.25) is 9.59 Å². The first-order chi connectivity index (χ1) is 14.4. The minimum absolute atomic E-state index is 0.0406. The van der Waals surface area contributed by atoms with Crippen molar-refractivity contribution in [3.05, 3.63) is 70.3 Å². The van der Waals surface area contributed by atoms with Crippen molar-refractivity contribution in [2.45, 2.75) is 46.2 Å². The lowest BCUT2D eigenvalue weighted by atomic mass is 10.1. The number of rotatable bonds is 8. The molecular weight excluding hydrogens is 376 g/mol. The Morgan fingerprint density at radius 1 is 1.10 bits per heavy atom. The zero-order chi connectivity index (χ0) is 21.7. The molecular formula is C24H30N4O2. The Morgan fingerprint density at radius 3 is 2.47 bits per heavy atom. The Balaban J connectivity index is 1.81. The number of para-hydroxylation sites is 1. The van der Waals surface area contributed by atoms with Crippen LogP contribution in [0, 0.1) is 0 Å². The summed E-state index contributed by atoms with van der Waals surface area (Å²) in [7, 11) is 2.06. The maximum Gasteiger partial charge on any atom is 0.258 e. The number of anilines is 1. The monoisotopic (exact) mass is 406 g/mol. The van der Waals surface area contributed by atoms with E-state index in [1.807, 2.05) is 56.3 Å². The van der Waals surface area contributed by atoms with E-state index in [2.05, 4.69) is 28.8 Å². The third-order valence-corrected chi connectivity index (χ3v) is 5.27. The van der Waals surface area contributed by atoms with Crippen molar-refractivity contribution in [2.24, 2.45) is 0 Å². The lowest BCUT2D eigenvalue weighted by Gasteiger charge is -2.27. The topological polar surface area (TPSA) is 69.3 Å². The summed E-state index contributed by atoms with van der Waals surface area (Å²) >= 11 is 0. The second-order valence-electron chi connectivity index (χ2n) is 7.88. The fourth-order valence-electron chi connectivity index (χ4n) is 3.41. The van der Waals surface area contributed by atoms with Crippen molar-refractivity contribution in [3.63, 3.8) is 0 Å². The van der Waals surface area contributed by atoms with Gasteiger partial charge in [0.1, 0.15) is 5.82 Å². The number of carbonyl (C=O) groups excluding carboxylic acids is 1. The van der Waals surface area contributed by atoms with E-state index in [-0.39, 0.29) is 24.1 Å². The highest BCUT2D eigenvalue weighted by Crippen LogP contribution is 2.18. The maximum atomic E-state index is 13.2. The van der Waals surface area contributed by atoms with Gasteiger partial charge in [-0.25, -0.2) is 4.98 Å². The van der Waals surface area contributed by atoms with E-state index in [1.54, 1.807) is 11.0 Å². The second-order valence-corrected chi connectivity index (χ2v) is 7.88. The third kappa shape index (κ3) is 4.87. The summed E-state index contributed by atoms with van der Waals surface area (Å²) in [5, 5.41) is 0.548. The molecule has 1 amide bonds. The van der Waals surface area contributed by atoms with Crippen molar-refractivity contribution >= 4 is 22.5 Å². The number of benzene rings is 2. The first kappa shape index (κ1) is 21.6. The zero-order valence-electron chi connectivity index (χ0n) is 18.2. The van der Waals surface area contributed by atoms with Crippen LogP contribution < -0.4 is 10.5 Å². The SMILES string of the molecule is CCCCN(C)c1ccc(C(=O)N(Cc2nc3ccccc3c(=O)[nH]2)C(C)C)cc1. The lowest BCUT2D eigenvalue weighted by Crippen LogP contribution is -2.37. The number of aromatic amines is 1. The molecule has 6 heteroatoms. The van der Waals surface area contributed by atoms with Gasteiger partial charge in [0.2, 0.25) is 0 Å². The summed E-state index contributed by atoms with van der Waals surface area (Å²) in [6.45, 7) is 7.33. The summed E-state index contributed by atoms with van der Waals surface area (Å²) in [6.07, 6.45) is 2.28. The van der Waals surface area contributed by atoms with Crippen LogP contribution in [0.5, 0.6) is 0 Å². The number of nitrogens with zero attached hydrogens (tertiary/aromatic N) is 3. The Hall–Kier alpha value is -3.15. The Bertz CT molecular complexity index is 1060. The number of hydrogen-bond acceptors (Lipinski definition) is 4. The van der Waals surface area contributed by atoms with Crippen molar-refractivity contribution in [2.75, 3.05) is 18.5 Å². The molecule has 0 unspecified atom stereocenters. The number of carbonyl (C=O) groups is 1. The lowest BCUT2D eigenvalue weighted by molar-refractivity contribution is 0.0685. The molecule has 0 saturated heterocycles. The van der Waals surface area contributed by atoms with Crippen LogP contribution in [0.2, 0.25) is 0 Å². The predicted octanol–water partition coefficient (Wildman–Crippen LogP) is 4.21. The van der Waals surface area contributed by atoms with E-state index in [9.17, 15) is 9.59 Å². The van der Waals surface area contributed by atoms with Crippen LogP contribution in [0.4, 0.5) is 5.69 Å². The molecule has 0 fully saturated rings. The molecule has 3 aromatic rings. The minimum atomic E-state index is -0.189. The van der Waals surface area contributed by atoms with Crippen LogP contribution >= 0.6 is 0 Å². The summed E-state index contributed by atoms with van der Waals surface area (Å²) in [5.74, 6) is 0.403. The third-order valence-electron chi connectivity index (χ3n) is 5.27. The molecule has 3 rings (SSSR count). The molecule has 1 heterocycles. The van der Waals surface area contributed by atoms with Gasteiger partial charge in [-0.05, 0) is 56.7 Å². The highest BCUT2D eigenvalue weighted by atomic mass is 16.2. The highest BCUT2D eigenvalue weighted by Gasteiger charge is 2.20. The summed E-state index contributed by atoms with van der Waals surface area (Å²) < 4.78 is 0. The number of unbranched alkanes of at least 4 members (excludes halogenated alkanes) is 1. The van der Waals surface area contributed by atoms with Gasteiger partial charge in [0.15, 0.2) is 0 Å². The van der Waals surface area contributed by atoms with Gasteiger partial charge in [-0.15, -0.1) is 0 Å². The number of aromatic nitrogens is 2. The zero-order valence-corrected chi connectivity index (χ0v) is 18.2. The minimum Gasteiger partial charge on any atom is -0.375 e. The predicted molar refractivity (Wildman–Crippen MR) is 122 cm³/mol. The molecule has 0 aliphatic rings. The van der Waals surface area contributed by atoms with E-state index in [4.69, 9.17) is 0 Å². The molecule has 0 atom stereocenters. The quantitative estimate of drug-likeness (QED) is 0.608. The molecule has 158 valence electrons. The molecule has 0 bridgehead atoms. The van der Waals surface area contributed by atoms with Crippen molar-refractivity contribution in [1.82, 2.24) is 14.9 Å². The van der Waals surface area contributed by atoms with Gasteiger partial charge in [0, 0.05) is 30.9 Å². The van der Waals surface area contributed by atoms with Crippen LogP contribution in [0.3, 0.4) is 0 Å². The van der Waals surface area contributed by atoms with E-state index >= 15 is 0 Å². The van der Waals surface area contributed by atoms with E-state index in [1.165, 1.54) is 0 Å².